The van der Waals surface area contributed by atoms with Crippen LogP contribution in [-0.4, -0.2) is 37.2 Å². The van der Waals surface area contributed by atoms with Gasteiger partial charge < -0.3 is 10.1 Å². The summed E-state index contributed by atoms with van der Waals surface area (Å²) in [6, 6.07) is 11.8. The van der Waals surface area contributed by atoms with Crippen molar-refractivity contribution in [2.45, 2.75) is 25.0 Å². The second-order valence-electron chi connectivity index (χ2n) is 8.21. The predicted molar refractivity (Wildman–Crippen MR) is 131 cm³/mol. The molecule has 190 valence electrons. The summed E-state index contributed by atoms with van der Waals surface area (Å²) in [7, 11) is -1.82. The van der Waals surface area contributed by atoms with Crippen molar-refractivity contribution in [2.24, 2.45) is 0 Å². The number of halogens is 3. The molecule has 4 aromatic rings. The molecule has 0 spiro atoms. The Morgan fingerprint density at radius 2 is 1.92 bits per heavy atom. The number of carbonyl (C=O) groups is 1. The van der Waals surface area contributed by atoms with E-state index in [-0.39, 0.29) is 21.9 Å². The number of ether oxygens (including phenoxy) is 1. The first-order valence-corrected chi connectivity index (χ1v) is 13.6. The van der Waals surface area contributed by atoms with Crippen molar-refractivity contribution in [1.82, 2.24) is 14.9 Å². The number of carbonyl (C=O) groups excluding carboxylic acids is 1. The summed E-state index contributed by atoms with van der Waals surface area (Å²) in [5.74, 6) is -0.486. The van der Waals surface area contributed by atoms with Crippen LogP contribution in [0.15, 0.2) is 54.9 Å². The van der Waals surface area contributed by atoms with Gasteiger partial charge in [-0.25, -0.2) is 13.4 Å². The third-order valence-corrected chi connectivity index (χ3v) is 7.38. The number of hydrogen-bond acceptors (Lipinski definition) is 6. The van der Waals surface area contributed by atoms with Gasteiger partial charge in [0.1, 0.15) is 28.1 Å². The maximum absolute atomic E-state index is 13.5. The van der Waals surface area contributed by atoms with Crippen LogP contribution in [-0.2, 0) is 21.8 Å². The summed E-state index contributed by atoms with van der Waals surface area (Å²) >= 11 is 1.08. The third-order valence-electron chi connectivity index (χ3n) is 5.40. The van der Waals surface area contributed by atoms with Crippen LogP contribution in [0.2, 0.25) is 0 Å². The van der Waals surface area contributed by atoms with E-state index in [0.717, 1.165) is 23.7 Å². The van der Waals surface area contributed by atoms with Crippen molar-refractivity contribution < 1.29 is 31.1 Å². The average Bonchev–Trinajstić information content (AvgIpc) is 3.40. The Balaban J connectivity index is 1.75. The SMILES string of the molecule is CNC(=O)c1sc(-n2cnc3ccc(CS(C)(=O)=O)cc32)cc1OC(C)c1ccccc1C(F)(F)F. The number of thiophene rings is 1. The molecule has 0 radical (unpaired) electrons. The Labute approximate surface area is 209 Å². The maximum Gasteiger partial charge on any atom is 0.416 e. The minimum Gasteiger partial charge on any atom is -0.484 e. The highest BCUT2D eigenvalue weighted by Gasteiger charge is 2.35. The highest BCUT2D eigenvalue weighted by Crippen LogP contribution is 2.39. The number of hydrogen-bond donors (Lipinski definition) is 1. The molecule has 2 aromatic heterocycles. The van der Waals surface area contributed by atoms with Gasteiger partial charge in [-0.05, 0) is 30.7 Å². The van der Waals surface area contributed by atoms with E-state index in [1.807, 2.05) is 0 Å². The molecule has 1 atom stereocenters. The van der Waals surface area contributed by atoms with E-state index in [1.165, 1.54) is 38.5 Å². The zero-order chi connectivity index (χ0) is 26.3. The van der Waals surface area contributed by atoms with Crippen LogP contribution in [0.5, 0.6) is 5.75 Å². The molecule has 0 fully saturated rings. The first-order chi connectivity index (χ1) is 16.9. The normalized spacial score (nSPS) is 13.1. The number of alkyl halides is 3. The minimum absolute atomic E-state index is 0.0564. The summed E-state index contributed by atoms with van der Waals surface area (Å²) in [6.07, 6.45) is -2.89. The van der Waals surface area contributed by atoms with Crippen molar-refractivity contribution in [1.29, 1.82) is 0 Å². The summed E-state index contributed by atoms with van der Waals surface area (Å²) < 4.78 is 71.6. The molecular formula is C24H22F3N3O4S2. The van der Waals surface area contributed by atoms with E-state index < -0.39 is 33.6 Å². The summed E-state index contributed by atoms with van der Waals surface area (Å²) in [5, 5.41) is 3.05. The highest BCUT2D eigenvalue weighted by atomic mass is 32.2. The van der Waals surface area contributed by atoms with Gasteiger partial charge in [0.25, 0.3) is 5.91 Å². The molecule has 4 rings (SSSR count). The molecule has 2 aromatic carbocycles. The zero-order valence-corrected chi connectivity index (χ0v) is 21.1. The molecular weight excluding hydrogens is 515 g/mol. The number of rotatable bonds is 7. The number of nitrogens with zero attached hydrogens (tertiary/aromatic N) is 2. The van der Waals surface area contributed by atoms with Gasteiger partial charge in [0.15, 0.2) is 9.84 Å². The maximum atomic E-state index is 13.5. The molecule has 0 aliphatic heterocycles. The van der Waals surface area contributed by atoms with Crippen LogP contribution in [0.3, 0.4) is 0 Å². The number of sulfone groups is 1. The van der Waals surface area contributed by atoms with E-state index in [1.54, 1.807) is 28.8 Å². The molecule has 12 heteroatoms. The summed E-state index contributed by atoms with van der Waals surface area (Å²) in [4.78, 5) is 17.1. The number of aromatic nitrogens is 2. The fraction of sp³-hybridized carbons (Fsp3) is 0.250. The van der Waals surface area contributed by atoms with Gasteiger partial charge in [-0.3, -0.25) is 9.36 Å². The van der Waals surface area contributed by atoms with Crippen LogP contribution >= 0.6 is 11.3 Å². The van der Waals surface area contributed by atoms with Crippen LogP contribution in [0.4, 0.5) is 13.2 Å². The molecule has 1 N–H and O–H groups in total. The van der Waals surface area contributed by atoms with E-state index in [9.17, 15) is 26.4 Å². The lowest BCUT2D eigenvalue weighted by Crippen LogP contribution is -2.18. The van der Waals surface area contributed by atoms with E-state index in [4.69, 9.17) is 4.74 Å². The minimum atomic E-state index is -4.56. The van der Waals surface area contributed by atoms with Gasteiger partial charge in [0.05, 0.1) is 22.3 Å². The van der Waals surface area contributed by atoms with Crippen molar-refractivity contribution >= 4 is 38.1 Å². The second-order valence-corrected chi connectivity index (χ2v) is 11.4. The Hall–Kier alpha value is -3.38. The zero-order valence-electron chi connectivity index (χ0n) is 19.5. The van der Waals surface area contributed by atoms with Crippen molar-refractivity contribution in [3.8, 4) is 10.8 Å². The number of benzene rings is 2. The Kier molecular flexibility index (Phi) is 6.84. The topological polar surface area (TPSA) is 90.3 Å². The summed E-state index contributed by atoms with van der Waals surface area (Å²) in [5.41, 5.74) is 0.927. The highest BCUT2D eigenvalue weighted by molar-refractivity contribution is 7.89. The number of nitrogens with one attached hydrogen (secondary N) is 1. The van der Waals surface area contributed by atoms with Gasteiger partial charge in [-0.1, -0.05) is 24.3 Å². The first kappa shape index (κ1) is 25.7. The predicted octanol–water partition coefficient (Wildman–Crippen LogP) is 5.15. The largest absolute Gasteiger partial charge is 0.484 e. The molecule has 0 bridgehead atoms. The average molecular weight is 538 g/mol. The Morgan fingerprint density at radius 3 is 2.58 bits per heavy atom. The molecule has 0 aliphatic carbocycles. The number of imidazole rings is 1. The van der Waals surface area contributed by atoms with Crippen LogP contribution in [0.1, 0.15) is 39.4 Å². The number of amides is 1. The van der Waals surface area contributed by atoms with Crippen molar-refractivity contribution in [3.05, 3.63) is 76.4 Å². The molecule has 1 amide bonds. The van der Waals surface area contributed by atoms with E-state index in [0.29, 0.717) is 21.6 Å². The van der Waals surface area contributed by atoms with Gasteiger partial charge in [-0.2, -0.15) is 13.2 Å². The lowest BCUT2D eigenvalue weighted by Gasteiger charge is -2.19. The van der Waals surface area contributed by atoms with Gasteiger partial charge in [-0.15, -0.1) is 11.3 Å². The second kappa shape index (κ2) is 9.58. The van der Waals surface area contributed by atoms with Crippen LogP contribution < -0.4 is 10.1 Å². The van der Waals surface area contributed by atoms with Crippen molar-refractivity contribution in [2.75, 3.05) is 13.3 Å². The summed E-state index contributed by atoms with van der Waals surface area (Å²) in [6.45, 7) is 1.49. The molecule has 2 heterocycles. The Morgan fingerprint density at radius 1 is 1.19 bits per heavy atom. The fourth-order valence-electron chi connectivity index (χ4n) is 3.83. The molecule has 0 aliphatic rings. The smallest absolute Gasteiger partial charge is 0.416 e. The lowest BCUT2D eigenvalue weighted by atomic mass is 10.0. The molecule has 36 heavy (non-hydrogen) atoms. The molecule has 0 saturated heterocycles. The van der Waals surface area contributed by atoms with E-state index in [2.05, 4.69) is 10.3 Å². The van der Waals surface area contributed by atoms with Crippen LogP contribution in [0.25, 0.3) is 16.0 Å². The standard InChI is InChI=1S/C24H22F3N3O4S2/c1-14(16-6-4-5-7-17(16)24(25,26)27)34-20-11-21(35-22(20)23(31)28-2)30-13-29-18-9-8-15(10-19(18)30)12-36(3,32)33/h4-11,13-14H,12H2,1-3H3,(H,28,31). The molecule has 1 unspecified atom stereocenters. The van der Waals surface area contributed by atoms with Gasteiger partial charge in [0, 0.05) is 24.9 Å². The monoisotopic (exact) mass is 537 g/mol. The third kappa shape index (κ3) is 5.39. The number of fused-ring (bicyclic) bond motifs is 1. The van der Waals surface area contributed by atoms with Gasteiger partial charge >= 0.3 is 6.18 Å². The Bertz CT molecular complexity index is 1540. The molecule has 7 nitrogen and oxygen atoms in total. The van der Waals surface area contributed by atoms with Gasteiger partial charge in [0.2, 0.25) is 0 Å². The van der Waals surface area contributed by atoms with Crippen molar-refractivity contribution in [3.63, 3.8) is 0 Å². The molecule has 0 saturated carbocycles. The van der Waals surface area contributed by atoms with Crippen LogP contribution in [0, 0.1) is 0 Å². The van der Waals surface area contributed by atoms with E-state index >= 15 is 0 Å². The quantitative estimate of drug-likeness (QED) is 0.352. The fourth-order valence-corrected chi connectivity index (χ4v) is 5.63. The first-order valence-electron chi connectivity index (χ1n) is 10.7. The lowest BCUT2D eigenvalue weighted by molar-refractivity contribution is -0.139.